The van der Waals surface area contributed by atoms with Crippen molar-refractivity contribution in [2.45, 2.75) is 57.1 Å². The standard InChI is InChI=1S/C28H37N3O3.CH4O.H2/c1-33-26-14-13-23(20-27(26)34-25-11-5-6-12-25)30-17-18-31(28(32)29-15-7-8-16-29)24(21-30)19-22-9-3-2-4-10-22;1-2;/h2-4,9-10,13-14,20,24-25H,5-8,11-12,15-19,21H2,1H3;2H,1H3;1H/t24-;;/m0../s1. The number of hydrogen-bond acceptors (Lipinski definition) is 5. The molecule has 1 aliphatic carbocycles. The summed E-state index contributed by atoms with van der Waals surface area (Å²) in [5.74, 6) is 1.63. The molecule has 5 rings (SSSR count). The molecular weight excluding hydrogens is 454 g/mol. The van der Waals surface area contributed by atoms with Gasteiger partial charge in [0.2, 0.25) is 0 Å². The van der Waals surface area contributed by atoms with Gasteiger partial charge in [0, 0.05) is 53.0 Å². The first kappa shape index (κ1) is 26.1. The summed E-state index contributed by atoms with van der Waals surface area (Å²) in [6.45, 7) is 4.14. The van der Waals surface area contributed by atoms with Crippen LogP contribution in [0.5, 0.6) is 11.5 Å². The number of carbonyl (C=O) groups is 1. The summed E-state index contributed by atoms with van der Waals surface area (Å²) in [6, 6.07) is 17.2. The highest BCUT2D eigenvalue weighted by Gasteiger charge is 2.34. The van der Waals surface area contributed by atoms with E-state index in [0.29, 0.717) is 0 Å². The summed E-state index contributed by atoms with van der Waals surface area (Å²) in [6.07, 6.45) is 8.08. The number of aliphatic hydroxyl groups is 1. The molecule has 198 valence electrons. The van der Waals surface area contributed by atoms with Crippen LogP contribution in [-0.4, -0.2) is 80.0 Å². The van der Waals surface area contributed by atoms with Crippen LogP contribution < -0.4 is 14.4 Å². The molecule has 1 N–H and O–H groups in total. The Labute approximate surface area is 217 Å². The highest BCUT2D eigenvalue weighted by molar-refractivity contribution is 5.75. The van der Waals surface area contributed by atoms with Crippen LogP contribution in [0.2, 0.25) is 0 Å². The first-order valence-corrected chi connectivity index (χ1v) is 13.3. The van der Waals surface area contributed by atoms with Gasteiger partial charge in [-0.1, -0.05) is 30.3 Å². The molecule has 2 aliphatic heterocycles. The molecular formula is C29H43N3O4. The molecule has 2 heterocycles. The van der Waals surface area contributed by atoms with Crippen LogP contribution >= 0.6 is 0 Å². The Morgan fingerprint density at radius 1 is 0.944 bits per heavy atom. The van der Waals surface area contributed by atoms with E-state index in [0.717, 1.165) is 89.1 Å². The average molecular weight is 498 g/mol. The van der Waals surface area contributed by atoms with Crippen molar-refractivity contribution in [2.24, 2.45) is 0 Å². The zero-order valence-corrected chi connectivity index (χ0v) is 21.8. The number of hydrogen-bond donors (Lipinski definition) is 1. The second kappa shape index (κ2) is 12.9. The molecule has 0 spiro atoms. The Bertz CT molecular complexity index is 965. The second-order valence-corrected chi connectivity index (χ2v) is 9.82. The van der Waals surface area contributed by atoms with Gasteiger partial charge < -0.3 is 29.3 Å². The minimum absolute atomic E-state index is 0. The highest BCUT2D eigenvalue weighted by Crippen LogP contribution is 2.36. The van der Waals surface area contributed by atoms with E-state index >= 15 is 0 Å². The Balaban J connectivity index is 0.00000124. The normalized spacial score (nSPS) is 20.2. The molecule has 0 radical (unpaired) electrons. The fourth-order valence-corrected chi connectivity index (χ4v) is 5.63. The van der Waals surface area contributed by atoms with Gasteiger partial charge >= 0.3 is 6.03 Å². The SMILES string of the molecule is CO.COc1ccc(N2CCN(C(=O)N3CCCC3)[C@@H](Cc3ccccc3)C2)cc1OC1CCCC1.[HH]. The topological polar surface area (TPSA) is 65.5 Å². The number of amides is 2. The Morgan fingerprint density at radius 3 is 2.36 bits per heavy atom. The number of likely N-dealkylation sites (tertiary alicyclic amines) is 1. The smallest absolute Gasteiger partial charge is 0.320 e. The Kier molecular flexibility index (Phi) is 9.34. The van der Waals surface area contributed by atoms with Crippen LogP contribution in [0.4, 0.5) is 10.5 Å². The first-order chi connectivity index (χ1) is 17.7. The van der Waals surface area contributed by atoms with Gasteiger partial charge in [0.05, 0.1) is 19.3 Å². The number of urea groups is 1. The van der Waals surface area contributed by atoms with E-state index in [-0.39, 0.29) is 19.6 Å². The zero-order chi connectivity index (χ0) is 25.3. The summed E-state index contributed by atoms with van der Waals surface area (Å²) >= 11 is 0. The van der Waals surface area contributed by atoms with Crippen molar-refractivity contribution in [1.82, 2.24) is 9.80 Å². The maximum Gasteiger partial charge on any atom is 0.320 e. The number of anilines is 1. The lowest BCUT2D eigenvalue weighted by atomic mass is 10.0. The number of piperazine rings is 1. The molecule has 3 fully saturated rings. The molecule has 0 unspecified atom stereocenters. The predicted molar refractivity (Wildman–Crippen MR) is 145 cm³/mol. The van der Waals surface area contributed by atoms with Crippen LogP contribution in [0.25, 0.3) is 0 Å². The Hall–Kier alpha value is -2.93. The van der Waals surface area contributed by atoms with E-state index < -0.39 is 0 Å². The third-order valence-electron chi connectivity index (χ3n) is 7.53. The van der Waals surface area contributed by atoms with Crippen molar-refractivity contribution in [1.29, 1.82) is 0 Å². The summed E-state index contributed by atoms with van der Waals surface area (Å²) in [5, 5.41) is 7.00. The van der Waals surface area contributed by atoms with E-state index in [9.17, 15) is 4.79 Å². The number of ether oxygens (including phenoxy) is 2. The minimum Gasteiger partial charge on any atom is -0.493 e. The van der Waals surface area contributed by atoms with Gasteiger partial charge in [-0.05, 0) is 62.6 Å². The van der Waals surface area contributed by atoms with Crippen molar-refractivity contribution in [3.63, 3.8) is 0 Å². The predicted octanol–water partition coefficient (Wildman–Crippen LogP) is 4.82. The van der Waals surface area contributed by atoms with Crippen LogP contribution in [0.15, 0.2) is 48.5 Å². The fraction of sp³-hybridized carbons (Fsp3) is 0.552. The van der Waals surface area contributed by atoms with E-state index in [2.05, 4.69) is 46.2 Å². The fourth-order valence-electron chi connectivity index (χ4n) is 5.63. The van der Waals surface area contributed by atoms with Crippen LogP contribution in [0.3, 0.4) is 0 Å². The van der Waals surface area contributed by atoms with Gasteiger partial charge in [-0.3, -0.25) is 0 Å². The molecule has 7 heteroatoms. The van der Waals surface area contributed by atoms with Crippen LogP contribution in [0.1, 0.15) is 45.5 Å². The lowest BCUT2D eigenvalue weighted by molar-refractivity contribution is 0.134. The number of rotatable bonds is 6. The van der Waals surface area contributed by atoms with Gasteiger partial charge in [-0.2, -0.15) is 0 Å². The molecule has 1 atom stereocenters. The summed E-state index contributed by atoms with van der Waals surface area (Å²) in [7, 11) is 2.70. The third kappa shape index (κ3) is 6.25. The molecule has 36 heavy (non-hydrogen) atoms. The highest BCUT2D eigenvalue weighted by atomic mass is 16.5. The average Bonchev–Trinajstić information content (AvgIpc) is 3.65. The van der Waals surface area contributed by atoms with Gasteiger partial charge in [0.15, 0.2) is 11.5 Å². The Morgan fingerprint density at radius 2 is 1.67 bits per heavy atom. The zero-order valence-electron chi connectivity index (χ0n) is 21.8. The summed E-state index contributed by atoms with van der Waals surface area (Å²) < 4.78 is 12.0. The quantitative estimate of drug-likeness (QED) is 0.620. The molecule has 0 bridgehead atoms. The van der Waals surface area contributed by atoms with Crippen molar-refractivity contribution in [3.8, 4) is 11.5 Å². The number of nitrogens with zero attached hydrogens (tertiary/aromatic N) is 3. The van der Waals surface area contributed by atoms with Crippen LogP contribution in [-0.2, 0) is 6.42 Å². The number of benzene rings is 2. The molecule has 2 aromatic rings. The summed E-state index contributed by atoms with van der Waals surface area (Å²) in [4.78, 5) is 19.9. The van der Waals surface area contributed by atoms with E-state index in [1.54, 1.807) is 7.11 Å². The monoisotopic (exact) mass is 497 g/mol. The molecule has 7 nitrogen and oxygen atoms in total. The van der Waals surface area contributed by atoms with Gasteiger partial charge in [-0.25, -0.2) is 4.79 Å². The van der Waals surface area contributed by atoms with Crippen molar-refractivity contribution in [2.75, 3.05) is 51.8 Å². The molecule has 0 aromatic heterocycles. The molecule has 1 saturated carbocycles. The molecule has 3 aliphatic rings. The molecule has 2 aromatic carbocycles. The maximum atomic E-state index is 13.4. The van der Waals surface area contributed by atoms with Crippen molar-refractivity contribution < 1.29 is 20.8 Å². The van der Waals surface area contributed by atoms with Crippen molar-refractivity contribution in [3.05, 3.63) is 54.1 Å². The minimum atomic E-state index is 0. The lowest BCUT2D eigenvalue weighted by Crippen LogP contribution is -2.58. The molecule has 2 saturated heterocycles. The molecule has 2 amide bonds. The largest absolute Gasteiger partial charge is 0.493 e. The van der Waals surface area contributed by atoms with Gasteiger partial charge in [0.25, 0.3) is 0 Å². The van der Waals surface area contributed by atoms with Gasteiger partial charge in [-0.15, -0.1) is 0 Å². The van der Waals surface area contributed by atoms with E-state index in [1.807, 2.05) is 17.0 Å². The summed E-state index contributed by atoms with van der Waals surface area (Å²) in [5.41, 5.74) is 2.41. The maximum absolute atomic E-state index is 13.4. The number of carbonyl (C=O) groups excluding carboxylic acids is 1. The van der Waals surface area contributed by atoms with Crippen LogP contribution in [0, 0.1) is 0 Å². The van der Waals surface area contributed by atoms with E-state index in [1.165, 1.54) is 18.4 Å². The van der Waals surface area contributed by atoms with E-state index in [4.69, 9.17) is 14.6 Å². The lowest BCUT2D eigenvalue weighted by Gasteiger charge is -2.44. The number of aliphatic hydroxyl groups excluding tert-OH is 1. The van der Waals surface area contributed by atoms with Crippen molar-refractivity contribution >= 4 is 11.7 Å². The van der Waals surface area contributed by atoms with Gasteiger partial charge in [0.1, 0.15) is 0 Å². The first-order valence-electron chi connectivity index (χ1n) is 13.3. The number of methoxy groups -OCH3 is 1. The second-order valence-electron chi connectivity index (χ2n) is 9.82. The third-order valence-corrected chi connectivity index (χ3v) is 7.53.